The van der Waals surface area contributed by atoms with Crippen molar-refractivity contribution in [2.75, 3.05) is 10.6 Å². The number of fused-ring (bicyclic) bond motifs is 2. The number of hydrogen-bond donors (Lipinski definition) is 6. The molecule has 0 aliphatic carbocycles. The number of benzene rings is 2. The maximum Gasteiger partial charge on any atom is 0.271 e. The van der Waals surface area contributed by atoms with E-state index in [9.17, 15) is 9.59 Å². The van der Waals surface area contributed by atoms with Gasteiger partial charge in [0.05, 0.1) is 28.2 Å². The van der Waals surface area contributed by atoms with Crippen LogP contribution in [0.15, 0.2) is 64.6 Å². The van der Waals surface area contributed by atoms with E-state index in [-0.39, 0.29) is 17.5 Å². The van der Waals surface area contributed by atoms with Crippen molar-refractivity contribution in [2.45, 2.75) is 25.8 Å². The lowest BCUT2D eigenvalue weighted by atomic mass is 9.97. The number of para-hydroxylation sites is 1. The first kappa shape index (κ1) is 18.3. The zero-order valence-electron chi connectivity index (χ0n) is 16.4. The lowest BCUT2D eigenvalue weighted by molar-refractivity contribution is -0.116. The van der Waals surface area contributed by atoms with Gasteiger partial charge in [0.25, 0.3) is 11.5 Å². The van der Waals surface area contributed by atoms with Gasteiger partial charge in [-0.05, 0) is 36.8 Å². The highest BCUT2D eigenvalue weighted by atomic mass is 16.2. The molecule has 2 aliphatic rings. The number of carbonyl (C=O) groups excluding carboxylic acids is 1. The molecule has 0 bridgehead atoms. The van der Waals surface area contributed by atoms with Gasteiger partial charge in [0.15, 0.2) is 0 Å². The standard InChI is InChI=1S/C22H22N6O2/c1-2-5-17-20(22(30)28-26-17)19-11-18(13-6-3-4-7-15(13)24-19)23-12-8-9-16-14(10-12)21(29)27-25-16/h3-4,6-11,17,23-24,26H,2,5H2,1H3,(H,28,30)(H2,25,27,29)/b20-19-. The Bertz CT molecular complexity index is 1270. The third-order valence-corrected chi connectivity index (χ3v) is 5.45. The molecule has 2 aliphatic heterocycles. The summed E-state index contributed by atoms with van der Waals surface area (Å²) in [5.74, 6) is -0.119. The summed E-state index contributed by atoms with van der Waals surface area (Å²) in [7, 11) is 0. The van der Waals surface area contributed by atoms with Crippen LogP contribution < -0.4 is 27.0 Å². The average molecular weight is 402 g/mol. The van der Waals surface area contributed by atoms with Gasteiger partial charge < -0.3 is 10.6 Å². The smallest absolute Gasteiger partial charge is 0.271 e. The molecular formula is C22H22N6O2. The molecule has 0 saturated carbocycles. The first-order valence-corrected chi connectivity index (χ1v) is 9.99. The Balaban J connectivity index is 1.60. The van der Waals surface area contributed by atoms with Crippen LogP contribution in [0.2, 0.25) is 0 Å². The third kappa shape index (κ3) is 3.07. The molecule has 1 saturated heterocycles. The van der Waals surface area contributed by atoms with Gasteiger partial charge in [-0.2, -0.15) is 0 Å². The monoisotopic (exact) mass is 402 g/mol. The fourth-order valence-electron chi connectivity index (χ4n) is 4.01. The molecule has 5 rings (SSSR count). The number of amides is 1. The minimum atomic E-state index is -0.160. The number of allylic oxidation sites excluding steroid dienone is 1. The highest BCUT2D eigenvalue weighted by Gasteiger charge is 2.31. The van der Waals surface area contributed by atoms with Crippen molar-refractivity contribution >= 4 is 33.9 Å². The lowest BCUT2D eigenvalue weighted by Crippen LogP contribution is -2.31. The molecule has 6 N–H and O–H groups in total. The average Bonchev–Trinajstić information content (AvgIpc) is 3.30. The van der Waals surface area contributed by atoms with Crippen LogP contribution in [0.5, 0.6) is 0 Å². The number of hydrazine groups is 1. The highest BCUT2D eigenvalue weighted by Crippen LogP contribution is 2.34. The molecule has 1 unspecified atom stereocenters. The second kappa shape index (κ2) is 7.23. The van der Waals surface area contributed by atoms with Gasteiger partial charge in [0.2, 0.25) is 0 Å². The fraction of sp³-hybridized carbons (Fsp3) is 0.182. The molecule has 0 spiro atoms. The minimum absolute atomic E-state index is 0.0532. The zero-order chi connectivity index (χ0) is 20.7. The largest absolute Gasteiger partial charge is 0.355 e. The second-order valence-corrected chi connectivity index (χ2v) is 7.46. The summed E-state index contributed by atoms with van der Waals surface area (Å²) >= 11 is 0. The van der Waals surface area contributed by atoms with E-state index in [1.807, 2.05) is 48.5 Å². The van der Waals surface area contributed by atoms with Gasteiger partial charge >= 0.3 is 0 Å². The van der Waals surface area contributed by atoms with E-state index >= 15 is 0 Å². The molecule has 0 radical (unpaired) electrons. The molecule has 1 amide bonds. The number of aromatic amines is 2. The summed E-state index contributed by atoms with van der Waals surface area (Å²) in [6, 6.07) is 13.5. The van der Waals surface area contributed by atoms with E-state index in [0.29, 0.717) is 11.0 Å². The van der Waals surface area contributed by atoms with E-state index in [2.05, 4.69) is 38.6 Å². The number of aromatic nitrogens is 2. The molecule has 8 heteroatoms. The summed E-state index contributed by atoms with van der Waals surface area (Å²) in [6.07, 6.45) is 3.77. The number of rotatable bonds is 4. The number of anilines is 2. The Morgan fingerprint density at radius 2 is 1.93 bits per heavy atom. The van der Waals surface area contributed by atoms with Crippen molar-refractivity contribution in [2.24, 2.45) is 0 Å². The summed E-state index contributed by atoms with van der Waals surface area (Å²) in [4.78, 5) is 24.5. The normalized spacial score (nSPS) is 20.5. The Labute approximate surface area is 172 Å². The first-order chi connectivity index (χ1) is 14.6. The van der Waals surface area contributed by atoms with Gasteiger partial charge in [-0.25, -0.2) is 5.43 Å². The van der Waals surface area contributed by atoms with E-state index in [1.54, 1.807) is 0 Å². The summed E-state index contributed by atoms with van der Waals surface area (Å²) in [5, 5.41) is 12.9. The van der Waals surface area contributed by atoms with Crippen molar-refractivity contribution in [3.05, 3.63) is 75.7 Å². The molecule has 1 fully saturated rings. The Hall–Kier alpha value is -3.78. The Kier molecular flexibility index (Phi) is 4.40. The maximum absolute atomic E-state index is 12.5. The number of hydrogen-bond acceptors (Lipinski definition) is 5. The summed E-state index contributed by atoms with van der Waals surface area (Å²) in [5.41, 5.74) is 11.4. The molecule has 152 valence electrons. The lowest BCUT2D eigenvalue weighted by Gasteiger charge is -2.24. The number of carbonyl (C=O) groups is 1. The van der Waals surface area contributed by atoms with Crippen LogP contribution in [0.1, 0.15) is 25.3 Å². The van der Waals surface area contributed by atoms with E-state index in [1.165, 1.54) is 0 Å². The van der Waals surface area contributed by atoms with Crippen LogP contribution >= 0.6 is 0 Å². The van der Waals surface area contributed by atoms with Crippen LogP contribution in [-0.4, -0.2) is 22.1 Å². The molecular weight excluding hydrogens is 380 g/mol. The van der Waals surface area contributed by atoms with Crippen molar-refractivity contribution in [3.63, 3.8) is 0 Å². The van der Waals surface area contributed by atoms with Crippen LogP contribution in [0.25, 0.3) is 16.6 Å². The molecule has 8 nitrogen and oxygen atoms in total. The molecule has 3 heterocycles. The van der Waals surface area contributed by atoms with E-state index in [0.717, 1.165) is 46.7 Å². The van der Waals surface area contributed by atoms with Gasteiger partial charge in [-0.15, -0.1) is 0 Å². The van der Waals surface area contributed by atoms with Crippen LogP contribution in [0, 0.1) is 0 Å². The third-order valence-electron chi connectivity index (χ3n) is 5.45. The quantitative estimate of drug-likeness (QED) is 0.376. The summed E-state index contributed by atoms with van der Waals surface area (Å²) < 4.78 is 0. The van der Waals surface area contributed by atoms with Crippen LogP contribution in [0.4, 0.5) is 11.4 Å². The SMILES string of the molecule is CCCC1NNC(=O)/C1=C1/C=C(Nc2ccc3[nH][nH]c(=O)c3c2)c2ccccc2N1. The topological polar surface area (TPSA) is 114 Å². The minimum Gasteiger partial charge on any atom is -0.355 e. The zero-order valence-corrected chi connectivity index (χ0v) is 16.4. The molecule has 30 heavy (non-hydrogen) atoms. The number of nitrogens with one attached hydrogen (secondary N) is 6. The number of H-pyrrole nitrogens is 2. The molecule has 3 aromatic rings. The summed E-state index contributed by atoms with van der Waals surface area (Å²) in [6.45, 7) is 2.10. The first-order valence-electron chi connectivity index (χ1n) is 9.99. The van der Waals surface area contributed by atoms with Crippen molar-refractivity contribution < 1.29 is 4.79 Å². The van der Waals surface area contributed by atoms with Crippen LogP contribution in [-0.2, 0) is 4.79 Å². The molecule has 2 aromatic carbocycles. The maximum atomic E-state index is 12.5. The van der Waals surface area contributed by atoms with E-state index < -0.39 is 0 Å². The van der Waals surface area contributed by atoms with Gasteiger partial charge in [0, 0.05) is 22.6 Å². The van der Waals surface area contributed by atoms with Crippen LogP contribution in [0.3, 0.4) is 0 Å². The van der Waals surface area contributed by atoms with E-state index in [4.69, 9.17) is 0 Å². The van der Waals surface area contributed by atoms with Crippen molar-refractivity contribution in [1.29, 1.82) is 0 Å². The predicted molar refractivity (Wildman–Crippen MR) is 118 cm³/mol. The predicted octanol–water partition coefficient (Wildman–Crippen LogP) is 2.79. The Morgan fingerprint density at radius 1 is 1.07 bits per heavy atom. The van der Waals surface area contributed by atoms with Gasteiger partial charge in [-0.3, -0.25) is 25.2 Å². The Morgan fingerprint density at radius 3 is 2.80 bits per heavy atom. The molecule has 1 atom stereocenters. The fourth-order valence-corrected chi connectivity index (χ4v) is 4.01. The van der Waals surface area contributed by atoms with Gasteiger partial charge in [0.1, 0.15) is 0 Å². The highest BCUT2D eigenvalue weighted by molar-refractivity contribution is 6.00. The van der Waals surface area contributed by atoms with Crippen molar-refractivity contribution in [1.82, 2.24) is 21.0 Å². The molecule has 1 aromatic heterocycles. The van der Waals surface area contributed by atoms with Gasteiger partial charge in [-0.1, -0.05) is 31.5 Å². The van der Waals surface area contributed by atoms with Crippen molar-refractivity contribution in [3.8, 4) is 0 Å². The second-order valence-electron chi connectivity index (χ2n) is 7.46.